The number of nitrogens with one attached hydrogen (secondary N) is 1. The monoisotopic (exact) mass is 413 g/mol. The van der Waals surface area contributed by atoms with Gasteiger partial charge in [-0.1, -0.05) is 12.1 Å². The number of hydrogen-bond acceptors (Lipinski definition) is 4. The first-order chi connectivity index (χ1) is 13.0. The van der Waals surface area contributed by atoms with Crippen LogP contribution in [0, 0.1) is 13.8 Å². The number of aromatic nitrogens is 4. The lowest BCUT2D eigenvalue weighted by Crippen LogP contribution is -2.14. The van der Waals surface area contributed by atoms with Crippen LogP contribution in [0.2, 0.25) is 0 Å². The van der Waals surface area contributed by atoms with Gasteiger partial charge in [0.2, 0.25) is 0 Å². The summed E-state index contributed by atoms with van der Waals surface area (Å²) in [4.78, 5) is -0.000529. The van der Waals surface area contributed by atoms with Crippen molar-refractivity contribution in [2.75, 3.05) is 4.72 Å². The van der Waals surface area contributed by atoms with Gasteiger partial charge in [0.1, 0.15) is 4.90 Å². The van der Waals surface area contributed by atoms with Crippen molar-refractivity contribution in [1.29, 1.82) is 0 Å². The minimum absolute atomic E-state index is 0.000529. The van der Waals surface area contributed by atoms with Gasteiger partial charge in [0.25, 0.3) is 10.0 Å². The molecule has 2 aromatic heterocycles. The number of aryl methyl sites for hydroxylation is 2. The van der Waals surface area contributed by atoms with E-state index in [1.165, 1.54) is 27.8 Å². The summed E-state index contributed by atoms with van der Waals surface area (Å²) in [6.45, 7) is 3.34. The summed E-state index contributed by atoms with van der Waals surface area (Å²) >= 11 is 0. The predicted octanol–water partition coefficient (Wildman–Crippen LogP) is 3.10. The first-order valence-electron chi connectivity index (χ1n) is 8.19. The average Bonchev–Trinajstić information content (AvgIpc) is 3.14. The second-order valence-corrected chi connectivity index (χ2v) is 8.04. The van der Waals surface area contributed by atoms with E-state index in [4.69, 9.17) is 0 Å². The highest BCUT2D eigenvalue weighted by Gasteiger charge is 2.30. The van der Waals surface area contributed by atoms with Gasteiger partial charge in [0.15, 0.2) is 0 Å². The number of nitrogens with zero attached hydrogens (tertiary/aromatic N) is 4. The highest BCUT2D eigenvalue weighted by molar-refractivity contribution is 7.92. The minimum atomic E-state index is -4.43. The third-order valence-corrected chi connectivity index (χ3v) is 5.50. The fourth-order valence-corrected chi connectivity index (χ4v) is 3.91. The van der Waals surface area contributed by atoms with Crippen molar-refractivity contribution >= 4 is 15.7 Å². The molecule has 0 bridgehead atoms. The molecular weight excluding hydrogens is 395 g/mol. The van der Waals surface area contributed by atoms with Crippen LogP contribution in [0.1, 0.15) is 22.5 Å². The quantitative estimate of drug-likeness (QED) is 0.697. The van der Waals surface area contributed by atoms with Crippen molar-refractivity contribution < 1.29 is 21.6 Å². The van der Waals surface area contributed by atoms with E-state index in [2.05, 4.69) is 14.9 Å². The highest BCUT2D eigenvalue weighted by atomic mass is 32.2. The van der Waals surface area contributed by atoms with E-state index in [1.807, 2.05) is 0 Å². The van der Waals surface area contributed by atoms with Crippen LogP contribution in [-0.2, 0) is 29.8 Å². The summed E-state index contributed by atoms with van der Waals surface area (Å²) in [6.07, 6.45) is -1.85. The van der Waals surface area contributed by atoms with E-state index in [0.29, 0.717) is 17.0 Å². The Hall–Kier alpha value is -2.82. The summed E-state index contributed by atoms with van der Waals surface area (Å²) in [5.41, 5.74) is 0.848. The van der Waals surface area contributed by atoms with E-state index >= 15 is 0 Å². The maximum atomic E-state index is 12.9. The van der Waals surface area contributed by atoms with Gasteiger partial charge in [0.05, 0.1) is 35.4 Å². The molecule has 2 heterocycles. The number of hydrogen-bond donors (Lipinski definition) is 1. The molecule has 0 fully saturated rings. The van der Waals surface area contributed by atoms with Crippen molar-refractivity contribution in [3.63, 3.8) is 0 Å². The fourth-order valence-electron chi connectivity index (χ4n) is 2.75. The third-order valence-electron chi connectivity index (χ3n) is 4.20. The highest BCUT2D eigenvalue weighted by Crippen LogP contribution is 2.30. The van der Waals surface area contributed by atoms with E-state index in [9.17, 15) is 21.6 Å². The fraction of sp³-hybridized carbons (Fsp3) is 0.294. The Labute approximate surface area is 159 Å². The third kappa shape index (κ3) is 4.03. The van der Waals surface area contributed by atoms with Crippen LogP contribution in [0.3, 0.4) is 0 Å². The Bertz CT molecular complexity index is 1120. The van der Waals surface area contributed by atoms with Gasteiger partial charge in [-0.05, 0) is 31.5 Å². The Balaban J connectivity index is 1.89. The number of benzene rings is 1. The van der Waals surface area contributed by atoms with Gasteiger partial charge in [-0.3, -0.25) is 14.1 Å². The predicted molar refractivity (Wildman–Crippen MR) is 96.3 cm³/mol. The number of rotatable bonds is 5. The van der Waals surface area contributed by atoms with Crippen molar-refractivity contribution in [2.24, 2.45) is 7.05 Å². The normalized spacial score (nSPS) is 12.4. The second kappa shape index (κ2) is 6.97. The zero-order chi connectivity index (χ0) is 20.7. The number of sulfonamides is 1. The van der Waals surface area contributed by atoms with Gasteiger partial charge < -0.3 is 0 Å². The van der Waals surface area contributed by atoms with Crippen LogP contribution < -0.4 is 4.72 Å². The molecule has 0 amide bonds. The minimum Gasteiger partial charge on any atom is -0.276 e. The first-order valence-corrected chi connectivity index (χ1v) is 9.67. The van der Waals surface area contributed by atoms with Gasteiger partial charge in [0, 0.05) is 13.2 Å². The van der Waals surface area contributed by atoms with Crippen LogP contribution in [0.25, 0.3) is 0 Å². The molecule has 0 aliphatic heterocycles. The molecule has 1 N–H and O–H groups in total. The van der Waals surface area contributed by atoms with Crippen LogP contribution in [0.15, 0.2) is 41.6 Å². The van der Waals surface area contributed by atoms with Crippen LogP contribution in [0.5, 0.6) is 0 Å². The number of halogens is 3. The lowest BCUT2D eigenvalue weighted by molar-refractivity contribution is -0.137. The topological polar surface area (TPSA) is 81.8 Å². The standard InChI is InChI=1S/C17H18F3N5O2S/c1-11-16(23-28(26,27)15-8-21-24(3)10-15)12(2)25(22-11)9-13-5-4-6-14(7-13)17(18,19)20/h4-8,10,23H,9H2,1-3H3. The van der Waals surface area contributed by atoms with Crippen molar-refractivity contribution in [3.05, 3.63) is 59.2 Å². The molecule has 0 aliphatic rings. The lowest BCUT2D eigenvalue weighted by Gasteiger charge is -2.10. The Morgan fingerprint density at radius 1 is 1.21 bits per heavy atom. The molecule has 0 aliphatic carbocycles. The van der Waals surface area contributed by atoms with Crippen molar-refractivity contribution in [3.8, 4) is 0 Å². The maximum absolute atomic E-state index is 12.9. The van der Waals surface area contributed by atoms with E-state index in [0.717, 1.165) is 12.1 Å². The van der Waals surface area contributed by atoms with E-state index in [1.54, 1.807) is 27.0 Å². The Kier molecular flexibility index (Phi) is 4.96. The molecule has 0 saturated carbocycles. The molecule has 0 saturated heterocycles. The molecule has 1 aromatic carbocycles. The number of anilines is 1. The summed E-state index contributed by atoms with van der Waals surface area (Å²) in [6, 6.07) is 4.94. The zero-order valence-electron chi connectivity index (χ0n) is 15.3. The molecule has 28 heavy (non-hydrogen) atoms. The zero-order valence-corrected chi connectivity index (χ0v) is 16.1. The van der Waals surface area contributed by atoms with Gasteiger partial charge in [-0.2, -0.15) is 23.4 Å². The van der Waals surface area contributed by atoms with E-state index < -0.39 is 21.8 Å². The molecule has 3 aromatic rings. The molecule has 0 unspecified atom stereocenters. The largest absolute Gasteiger partial charge is 0.416 e. The second-order valence-electron chi connectivity index (χ2n) is 6.36. The van der Waals surface area contributed by atoms with Crippen LogP contribution >= 0.6 is 0 Å². The Morgan fingerprint density at radius 2 is 1.93 bits per heavy atom. The molecule has 0 radical (unpaired) electrons. The average molecular weight is 413 g/mol. The molecule has 150 valence electrons. The van der Waals surface area contributed by atoms with Gasteiger partial charge >= 0.3 is 6.18 Å². The molecule has 0 spiro atoms. The SMILES string of the molecule is Cc1nn(Cc2cccc(C(F)(F)F)c2)c(C)c1NS(=O)(=O)c1cnn(C)c1. The van der Waals surface area contributed by atoms with Gasteiger partial charge in [-0.25, -0.2) is 8.42 Å². The molecular formula is C17H18F3N5O2S. The van der Waals surface area contributed by atoms with E-state index in [-0.39, 0.29) is 17.1 Å². The summed E-state index contributed by atoms with van der Waals surface area (Å²) in [7, 11) is -2.26. The van der Waals surface area contributed by atoms with Crippen LogP contribution in [-0.4, -0.2) is 28.0 Å². The smallest absolute Gasteiger partial charge is 0.276 e. The molecule has 0 atom stereocenters. The van der Waals surface area contributed by atoms with Crippen molar-refractivity contribution in [1.82, 2.24) is 19.6 Å². The van der Waals surface area contributed by atoms with Crippen LogP contribution in [0.4, 0.5) is 18.9 Å². The lowest BCUT2D eigenvalue weighted by atomic mass is 10.1. The van der Waals surface area contributed by atoms with Gasteiger partial charge in [-0.15, -0.1) is 0 Å². The summed E-state index contributed by atoms with van der Waals surface area (Å²) in [5.74, 6) is 0. The molecule has 11 heteroatoms. The summed E-state index contributed by atoms with van der Waals surface area (Å²) in [5, 5.41) is 8.11. The maximum Gasteiger partial charge on any atom is 0.416 e. The molecule has 3 rings (SSSR count). The number of alkyl halides is 3. The van der Waals surface area contributed by atoms with Crippen molar-refractivity contribution in [2.45, 2.75) is 31.5 Å². The Morgan fingerprint density at radius 3 is 2.54 bits per heavy atom. The molecule has 7 nitrogen and oxygen atoms in total. The first kappa shape index (κ1) is 19.9. The summed E-state index contributed by atoms with van der Waals surface area (Å²) < 4.78 is 69.0.